The van der Waals surface area contributed by atoms with Crippen molar-refractivity contribution in [1.29, 1.82) is 0 Å². The Hall–Kier alpha value is -1.98. The molecule has 6 heteroatoms. The van der Waals surface area contributed by atoms with E-state index in [1.54, 1.807) is 30.1 Å². The summed E-state index contributed by atoms with van der Waals surface area (Å²) in [6.45, 7) is 0.291. The van der Waals surface area contributed by atoms with Gasteiger partial charge in [0.1, 0.15) is 11.6 Å². The van der Waals surface area contributed by atoms with Crippen molar-refractivity contribution in [3.63, 3.8) is 0 Å². The van der Waals surface area contributed by atoms with Crippen molar-refractivity contribution in [3.05, 3.63) is 64.7 Å². The number of benzene rings is 2. The van der Waals surface area contributed by atoms with Gasteiger partial charge in [-0.05, 0) is 31.3 Å². The largest absolute Gasteiger partial charge is 0.322 e. The first kappa shape index (κ1) is 16.4. The van der Waals surface area contributed by atoms with E-state index in [1.165, 1.54) is 18.2 Å². The maximum absolute atomic E-state index is 13.6. The van der Waals surface area contributed by atoms with E-state index >= 15 is 0 Å². The van der Waals surface area contributed by atoms with Crippen molar-refractivity contribution in [3.8, 4) is 0 Å². The molecule has 2 aromatic carbocycles. The van der Waals surface area contributed by atoms with Crippen LogP contribution in [-0.2, 0) is 11.3 Å². The van der Waals surface area contributed by atoms with Gasteiger partial charge < -0.3 is 5.32 Å². The van der Waals surface area contributed by atoms with Crippen molar-refractivity contribution in [2.24, 2.45) is 0 Å². The van der Waals surface area contributed by atoms with Crippen molar-refractivity contribution in [2.45, 2.75) is 6.54 Å². The summed E-state index contributed by atoms with van der Waals surface area (Å²) < 4.78 is 27.1. The molecule has 2 rings (SSSR count). The summed E-state index contributed by atoms with van der Waals surface area (Å²) in [6.07, 6.45) is 0. The zero-order chi connectivity index (χ0) is 16.1. The quantitative estimate of drug-likeness (QED) is 0.909. The van der Waals surface area contributed by atoms with Crippen LogP contribution in [0.5, 0.6) is 0 Å². The Kier molecular flexibility index (Phi) is 5.46. The molecule has 0 aromatic heterocycles. The number of anilines is 1. The molecule has 0 saturated heterocycles. The van der Waals surface area contributed by atoms with Gasteiger partial charge in [0, 0.05) is 17.1 Å². The normalized spacial score (nSPS) is 10.8. The van der Waals surface area contributed by atoms with Gasteiger partial charge in [0.05, 0.1) is 12.2 Å². The van der Waals surface area contributed by atoms with Gasteiger partial charge in [0.25, 0.3) is 0 Å². The molecule has 0 heterocycles. The number of nitrogens with one attached hydrogen (secondary N) is 1. The van der Waals surface area contributed by atoms with E-state index in [4.69, 9.17) is 11.6 Å². The molecule has 0 unspecified atom stereocenters. The number of carbonyl (C=O) groups is 1. The maximum atomic E-state index is 13.6. The molecule has 0 bridgehead atoms. The van der Waals surface area contributed by atoms with Gasteiger partial charge >= 0.3 is 0 Å². The van der Waals surface area contributed by atoms with E-state index in [2.05, 4.69) is 5.32 Å². The monoisotopic (exact) mass is 324 g/mol. The Morgan fingerprint density at radius 1 is 1.18 bits per heavy atom. The van der Waals surface area contributed by atoms with E-state index in [0.29, 0.717) is 5.56 Å². The second-order valence-electron chi connectivity index (χ2n) is 4.94. The highest BCUT2D eigenvalue weighted by Gasteiger charge is 2.11. The van der Waals surface area contributed by atoms with Gasteiger partial charge in [-0.1, -0.05) is 29.8 Å². The van der Waals surface area contributed by atoms with Crippen molar-refractivity contribution >= 4 is 23.2 Å². The summed E-state index contributed by atoms with van der Waals surface area (Å²) in [4.78, 5) is 13.5. The Bertz CT molecular complexity index is 679. The van der Waals surface area contributed by atoms with Crippen LogP contribution >= 0.6 is 11.6 Å². The topological polar surface area (TPSA) is 32.3 Å². The van der Waals surface area contributed by atoms with Crippen LogP contribution in [0.25, 0.3) is 0 Å². The smallest absolute Gasteiger partial charge is 0.238 e. The minimum atomic E-state index is -0.599. The minimum absolute atomic E-state index is 0.0103. The molecule has 0 aliphatic carbocycles. The molecule has 22 heavy (non-hydrogen) atoms. The van der Waals surface area contributed by atoms with Gasteiger partial charge in [-0.15, -0.1) is 0 Å². The first-order valence-electron chi connectivity index (χ1n) is 6.62. The molecule has 116 valence electrons. The van der Waals surface area contributed by atoms with Gasteiger partial charge in [-0.3, -0.25) is 9.69 Å². The lowest BCUT2D eigenvalue weighted by Gasteiger charge is -2.17. The van der Waals surface area contributed by atoms with E-state index < -0.39 is 5.82 Å². The van der Waals surface area contributed by atoms with Crippen molar-refractivity contribution in [2.75, 3.05) is 18.9 Å². The summed E-state index contributed by atoms with van der Waals surface area (Å²) in [5.74, 6) is -1.31. The van der Waals surface area contributed by atoms with Crippen molar-refractivity contribution in [1.82, 2.24) is 4.90 Å². The fourth-order valence-corrected chi connectivity index (χ4v) is 2.16. The predicted octanol–water partition coefficient (Wildman–Crippen LogP) is 3.69. The van der Waals surface area contributed by atoms with Crippen LogP contribution in [0.4, 0.5) is 14.5 Å². The lowest BCUT2D eigenvalue weighted by molar-refractivity contribution is -0.117. The van der Waals surface area contributed by atoms with Gasteiger partial charge in [0.2, 0.25) is 5.91 Å². The fraction of sp³-hybridized carbons (Fsp3) is 0.188. The Balaban J connectivity index is 1.93. The molecule has 1 N–H and O–H groups in total. The van der Waals surface area contributed by atoms with Crippen LogP contribution in [0, 0.1) is 11.6 Å². The standard InChI is InChI=1S/C16H15ClF2N2O/c1-21(9-11-4-2-3-5-13(11)18)10-16(22)20-15-7-6-12(17)8-14(15)19/h2-8H,9-10H2,1H3,(H,20,22). The molecule has 2 aromatic rings. The molecule has 0 saturated carbocycles. The predicted molar refractivity (Wildman–Crippen MR) is 82.8 cm³/mol. The Morgan fingerprint density at radius 2 is 1.91 bits per heavy atom. The third-order valence-corrected chi connectivity index (χ3v) is 3.25. The van der Waals surface area contributed by atoms with E-state index in [-0.39, 0.29) is 35.5 Å². The van der Waals surface area contributed by atoms with Gasteiger partial charge in [-0.25, -0.2) is 8.78 Å². The summed E-state index contributed by atoms with van der Waals surface area (Å²) in [6, 6.07) is 10.4. The molecule has 0 radical (unpaired) electrons. The molecular formula is C16H15ClF2N2O. The fourth-order valence-electron chi connectivity index (χ4n) is 2.00. The van der Waals surface area contributed by atoms with E-state index in [0.717, 1.165) is 6.07 Å². The number of carbonyl (C=O) groups excluding carboxylic acids is 1. The zero-order valence-corrected chi connectivity index (χ0v) is 12.7. The van der Waals surface area contributed by atoms with Gasteiger partial charge in [-0.2, -0.15) is 0 Å². The summed E-state index contributed by atoms with van der Waals surface area (Å²) in [7, 11) is 1.68. The third-order valence-electron chi connectivity index (χ3n) is 3.02. The molecule has 3 nitrogen and oxygen atoms in total. The number of likely N-dealkylation sites (N-methyl/N-ethyl adjacent to an activating group) is 1. The molecule has 1 amide bonds. The number of hydrogen-bond donors (Lipinski definition) is 1. The maximum Gasteiger partial charge on any atom is 0.238 e. The van der Waals surface area contributed by atoms with Crippen LogP contribution < -0.4 is 5.32 Å². The van der Waals surface area contributed by atoms with Crippen LogP contribution in [0.2, 0.25) is 5.02 Å². The number of halogens is 3. The highest BCUT2D eigenvalue weighted by Crippen LogP contribution is 2.18. The van der Waals surface area contributed by atoms with Crippen LogP contribution in [0.3, 0.4) is 0 Å². The van der Waals surface area contributed by atoms with Crippen LogP contribution in [-0.4, -0.2) is 24.4 Å². The SMILES string of the molecule is CN(CC(=O)Nc1ccc(Cl)cc1F)Cc1ccccc1F. The second kappa shape index (κ2) is 7.33. The van der Waals surface area contributed by atoms with E-state index in [1.807, 2.05) is 0 Å². The Labute approximate surface area is 132 Å². The first-order valence-corrected chi connectivity index (χ1v) is 7.00. The molecule has 0 aliphatic heterocycles. The Morgan fingerprint density at radius 3 is 2.59 bits per heavy atom. The number of amides is 1. The zero-order valence-electron chi connectivity index (χ0n) is 11.9. The average Bonchev–Trinajstić information content (AvgIpc) is 2.44. The molecule has 0 spiro atoms. The third kappa shape index (κ3) is 4.51. The van der Waals surface area contributed by atoms with Gasteiger partial charge in [0.15, 0.2) is 0 Å². The number of hydrogen-bond acceptors (Lipinski definition) is 2. The highest BCUT2D eigenvalue weighted by molar-refractivity contribution is 6.30. The lowest BCUT2D eigenvalue weighted by atomic mass is 10.2. The summed E-state index contributed by atoms with van der Waals surface area (Å²) >= 11 is 5.65. The number of nitrogens with zero attached hydrogens (tertiary/aromatic N) is 1. The summed E-state index contributed by atoms with van der Waals surface area (Å²) in [5, 5.41) is 2.72. The van der Waals surface area contributed by atoms with Crippen molar-refractivity contribution < 1.29 is 13.6 Å². The molecule has 0 aliphatic rings. The highest BCUT2D eigenvalue weighted by atomic mass is 35.5. The molecule has 0 fully saturated rings. The minimum Gasteiger partial charge on any atom is -0.322 e. The van der Waals surface area contributed by atoms with Crippen LogP contribution in [0.1, 0.15) is 5.56 Å². The second-order valence-corrected chi connectivity index (χ2v) is 5.37. The van der Waals surface area contributed by atoms with Crippen LogP contribution in [0.15, 0.2) is 42.5 Å². The average molecular weight is 325 g/mol. The summed E-state index contributed by atoms with van der Waals surface area (Å²) in [5.41, 5.74) is 0.559. The molecular weight excluding hydrogens is 310 g/mol. The lowest BCUT2D eigenvalue weighted by Crippen LogP contribution is -2.30. The molecule has 0 atom stereocenters. The number of rotatable bonds is 5. The van der Waals surface area contributed by atoms with E-state index in [9.17, 15) is 13.6 Å². The first-order chi connectivity index (χ1) is 10.5.